The van der Waals surface area contributed by atoms with Crippen LogP contribution in [0, 0.1) is 26.7 Å². The Morgan fingerprint density at radius 1 is 1.37 bits per heavy atom. The van der Waals surface area contributed by atoms with Gasteiger partial charge in [0.2, 0.25) is 5.91 Å². The number of hydrogen-bond acceptors (Lipinski definition) is 3. The zero-order chi connectivity index (χ0) is 14.7. The zero-order valence-electron chi connectivity index (χ0n) is 12.7. The smallest absolute Gasteiger partial charge is 0.230 e. The van der Waals surface area contributed by atoms with Crippen molar-refractivity contribution in [3.63, 3.8) is 0 Å². The van der Waals surface area contributed by atoms with Crippen LogP contribution in [0.3, 0.4) is 0 Å². The number of methoxy groups -OCH3 is 1. The van der Waals surface area contributed by atoms with Crippen LogP contribution in [-0.4, -0.2) is 26.6 Å². The molecule has 0 bridgehead atoms. The highest BCUT2D eigenvalue weighted by molar-refractivity contribution is 5.96. The van der Waals surface area contributed by atoms with Crippen molar-refractivity contribution in [2.24, 2.45) is 11.7 Å². The van der Waals surface area contributed by atoms with Crippen molar-refractivity contribution in [2.45, 2.75) is 27.7 Å². The van der Waals surface area contributed by atoms with Gasteiger partial charge in [0.1, 0.15) is 5.75 Å². The fourth-order valence-electron chi connectivity index (χ4n) is 2.30. The molecule has 0 saturated carbocycles. The van der Waals surface area contributed by atoms with Crippen LogP contribution in [-0.2, 0) is 4.79 Å². The van der Waals surface area contributed by atoms with Crippen molar-refractivity contribution < 1.29 is 9.53 Å². The molecule has 19 heavy (non-hydrogen) atoms. The van der Waals surface area contributed by atoms with Gasteiger partial charge in [-0.05, 0) is 43.5 Å². The van der Waals surface area contributed by atoms with Gasteiger partial charge in [-0.25, -0.2) is 0 Å². The first kappa shape index (κ1) is 15.5. The van der Waals surface area contributed by atoms with E-state index in [4.69, 9.17) is 10.5 Å². The first-order valence-electron chi connectivity index (χ1n) is 6.47. The maximum Gasteiger partial charge on any atom is 0.230 e. The molecule has 0 fully saturated rings. The summed E-state index contributed by atoms with van der Waals surface area (Å²) in [5.41, 5.74) is 9.67. The number of nitrogens with zero attached hydrogens (tertiary/aromatic N) is 1. The van der Waals surface area contributed by atoms with Gasteiger partial charge in [0.05, 0.1) is 7.11 Å². The summed E-state index contributed by atoms with van der Waals surface area (Å²) in [6, 6.07) is 1.97. The topological polar surface area (TPSA) is 55.6 Å². The van der Waals surface area contributed by atoms with E-state index in [1.54, 1.807) is 19.1 Å². The van der Waals surface area contributed by atoms with Gasteiger partial charge in [0.15, 0.2) is 0 Å². The molecule has 106 valence electrons. The van der Waals surface area contributed by atoms with Crippen LogP contribution < -0.4 is 15.4 Å². The summed E-state index contributed by atoms with van der Waals surface area (Å²) in [7, 11) is 3.46. The second kappa shape index (κ2) is 6.06. The molecule has 4 heteroatoms. The SMILES string of the molecule is COc1cc(C)c(N(C)C(=O)C(C)CN)c(C)c1C. The average Bonchev–Trinajstić information content (AvgIpc) is 2.40. The highest BCUT2D eigenvalue weighted by atomic mass is 16.5. The Hall–Kier alpha value is -1.55. The summed E-state index contributed by atoms with van der Waals surface area (Å²) in [6.07, 6.45) is 0. The van der Waals surface area contributed by atoms with Gasteiger partial charge >= 0.3 is 0 Å². The number of rotatable bonds is 4. The van der Waals surface area contributed by atoms with E-state index in [2.05, 4.69) is 0 Å². The molecule has 1 rings (SSSR count). The van der Waals surface area contributed by atoms with Crippen molar-refractivity contribution in [3.8, 4) is 5.75 Å². The monoisotopic (exact) mass is 264 g/mol. The summed E-state index contributed by atoms with van der Waals surface area (Å²) >= 11 is 0. The summed E-state index contributed by atoms with van der Waals surface area (Å²) in [5, 5.41) is 0. The molecule has 0 saturated heterocycles. The molecule has 1 aromatic carbocycles. The number of amides is 1. The molecular formula is C15H24N2O2. The number of carbonyl (C=O) groups excluding carboxylic acids is 1. The number of aryl methyl sites for hydroxylation is 1. The van der Waals surface area contributed by atoms with E-state index in [1.807, 2.05) is 33.8 Å². The van der Waals surface area contributed by atoms with Crippen molar-refractivity contribution >= 4 is 11.6 Å². The van der Waals surface area contributed by atoms with Crippen LogP contribution in [0.2, 0.25) is 0 Å². The van der Waals surface area contributed by atoms with Crippen LogP contribution in [0.4, 0.5) is 5.69 Å². The maximum absolute atomic E-state index is 12.3. The Morgan fingerprint density at radius 3 is 2.42 bits per heavy atom. The minimum atomic E-state index is -0.175. The second-order valence-electron chi connectivity index (χ2n) is 5.03. The summed E-state index contributed by atoms with van der Waals surface area (Å²) in [4.78, 5) is 14.0. The highest BCUT2D eigenvalue weighted by Gasteiger charge is 2.22. The lowest BCUT2D eigenvalue weighted by atomic mass is 10.0. The maximum atomic E-state index is 12.3. The van der Waals surface area contributed by atoms with Gasteiger partial charge < -0.3 is 15.4 Å². The molecule has 0 aliphatic rings. The van der Waals surface area contributed by atoms with E-state index in [1.165, 1.54) is 0 Å². The Morgan fingerprint density at radius 2 is 1.95 bits per heavy atom. The summed E-state index contributed by atoms with van der Waals surface area (Å²) in [5.74, 6) is 0.718. The summed E-state index contributed by atoms with van der Waals surface area (Å²) < 4.78 is 5.35. The number of nitrogens with two attached hydrogens (primary N) is 1. The lowest BCUT2D eigenvalue weighted by molar-refractivity contribution is -0.121. The fraction of sp³-hybridized carbons (Fsp3) is 0.533. The van der Waals surface area contributed by atoms with Crippen molar-refractivity contribution in [1.82, 2.24) is 0 Å². The number of hydrogen-bond donors (Lipinski definition) is 1. The molecule has 1 atom stereocenters. The average molecular weight is 264 g/mol. The number of carbonyl (C=O) groups is 1. The molecule has 0 radical (unpaired) electrons. The Labute approximate surface area is 115 Å². The molecule has 2 N–H and O–H groups in total. The van der Waals surface area contributed by atoms with Crippen LogP contribution in [0.25, 0.3) is 0 Å². The van der Waals surface area contributed by atoms with E-state index < -0.39 is 0 Å². The van der Waals surface area contributed by atoms with Crippen LogP contribution in [0.1, 0.15) is 23.6 Å². The molecule has 4 nitrogen and oxygen atoms in total. The van der Waals surface area contributed by atoms with E-state index in [9.17, 15) is 4.79 Å². The molecule has 1 aromatic rings. The third kappa shape index (κ3) is 2.89. The van der Waals surface area contributed by atoms with Gasteiger partial charge in [-0.1, -0.05) is 6.92 Å². The highest BCUT2D eigenvalue weighted by Crippen LogP contribution is 2.33. The summed E-state index contributed by atoms with van der Waals surface area (Å²) in [6.45, 7) is 8.20. The predicted octanol–water partition coefficient (Wildman–Crippen LogP) is 2.18. The lowest BCUT2D eigenvalue weighted by Gasteiger charge is -2.26. The number of anilines is 1. The predicted molar refractivity (Wildman–Crippen MR) is 78.8 cm³/mol. The Balaban J connectivity index is 3.28. The first-order valence-corrected chi connectivity index (χ1v) is 6.47. The molecular weight excluding hydrogens is 240 g/mol. The van der Waals surface area contributed by atoms with Gasteiger partial charge in [-0.15, -0.1) is 0 Å². The van der Waals surface area contributed by atoms with Gasteiger partial charge in [-0.2, -0.15) is 0 Å². The molecule has 0 heterocycles. The van der Waals surface area contributed by atoms with Crippen LogP contribution in [0.15, 0.2) is 6.07 Å². The standard InChI is InChI=1S/C15H24N2O2/c1-9-7-13(19-6)11(3)12(4)14(9)17(5)15(18)10(2)8-16/h7,10H,8,16H2,1-6H3. The Kier molecular flexibility index (Phi) is 4.95. The molecule has 0 aliphatic carbocycles. The van der Waals surface area contributed by atoms with E-state index in [-0.39, 0.29) is 11.8 Å². The molecule has 0 aliphatic heterocycles. The minimum absolute atomic E-state index is 0.0401. The number of ether oxygens (including phenoxy) is 1. The van der Waals surface area contributed by atoms with Crippen LogP contribution in [0.5, 0.6) is 5.75 Å². The normalized spacial score (nSPS) is 12.2. The minimum Gasteiger partial charge on any atom is -0.496 e. The van der Waals surface area contributed by atoms with Crippen molar-refractivity contribution in [2.75, 3.05) is 25.6 Å². The van der Waals surface area contributed by atoms with Gasteiger partial charge in [0, 0.05) is 25.2 Å². The van der Waals surface area contributed by atoms with Crippen LogP contribution >= 0.6 is 0 Å². The van der Waals surface area contributed by atoms with Gasteiger partial charge in [0.25, 0.3) is 0 Å². The molecule has 0 aromatic heterocycles. The molecule has 1 unspecified atom stereocenters. The lowest BCUT2D eigenvalue weighted by Crippen LogP contribution is -2.36. The fourth-order valence-corrected chi connectivity index (χ4v) is 2.30. The van der Waals surface area contributed by atoms with E-state index in [0.29, 0.717) is 6.54 Å². The van der Waals surface area contributed by atoms with E-state index in [0.717, 1.165) is 28.1 Å². The molecule has 0 spiro atoms. The third-order valence-electron chi connectivity index (χ3n) is 3.67. The van der Waals surface area contributed by atoms with Gasteiger partial charge in [-0.3, -0.25) is 4.79 Å². The van der Waals surface area contributed by atoms with E-state index >= 15 is 0 Å². The Bertz CT molecular complexity index is 484. The molecule has 1 amide bonds. The first-order chi connectivity index (χ1) is 8.84. The third-order valence-corrected chi connectivity index (χ3v) is 3.67. The quantitative estimate of drug-likeness (QED) is 0.907. The largest absolute Gasteiger partial charge is 0.496 e. The van der Waals surface area contributed by atoms with Crippen molar-refractivity contribution in [1.29, 1.82) is 0 Å². The zero-order valence-corrected chi connectivity index (χ0v) is 12.7. The van der Waals surface area contributed by atoms with Crippen molar-refractivity contribution in [3.05, 3.63) is 22.8 Å². The second-order valence-corrected chi connectivity index (χ2v) is 5.03. The number of benzene rings is 1.